The molecule has 15 heavy (non-hydrogen) atoms. The predicted molar refractivity (Wildman–Crippen MR) is 56.4 cm³/mol. The second kappa shape index (κ2) is 8.64. The zero-order valence-electron chi connectivity index (χ0n) is 9.40. The smallest absolute Gasteiger partial charge is 0.216 e. The zero-order chi connectivity index (χ0) is 11.7. The van der Waals surface area contributed by atoms with Gasteiger partial charge in [0, 0.05) is 32.6 Å². The van der Waals surface area contributed by atoms with Gasteiger partial charge in [-0.3, -0.25) is 4.79 Å². The van der Waals surface area contributed by atoms with Crippen LogP contribution < -0.4 is 5.32 Å². The molecule has 0 aliphatic carbocycles. The Kier molecular flexibility index (Phi) is 8.27. The molecule has 3 N–H and O–H groups in total. The van der Waals surface area contributed by atoms with E-state index in [-0.39, 0.29) is 24.5 Å². The molecule has 0 aromatic heterocycles. The van der Waals surface area contributed by atoms with Crippen LogP contribution in [0.25, 0.3) is 0 Å². The van der Waals surface area contributed by atoms with Gasteiger partial charge in [-0.15, -0.1) is 0 Å². The molecular weight excluding hydrogens is 198 g/mol. The van der Waals surface area contributed by atoms with E-state index in [1.54, 1.807) is 6.92 Å². The first-order chi connectivity index (χ1) is 7.06. The Labute approximate surface area is 90.4 Å². The fourth-order valence-corrected chi connectivity index (χ4v) is 0.968. The summed E-state index contributed by atoms with van der Waals surface area (Å²) in [7, 11) is 0. The van der Waals surface area contributed by atoms with E-state index in [1.807, 2.05) is 0 Å². The van der Waals surface area contributed by atoms with Crippen molar-refractivity contribution < 1.29 is 19.7 Å². The average Bonchev–Trinajstić information content (AvgIpc) is 2.16. The van der Waals surface area contributed by atoms with Crippen LogP contribution in [0.3, 0.4) is 0 Å². The molecule has 2 atom stereocenters. The highest BCUT2D eigenvalue weighted by molar-refractivity contribution is 5.72. The van der Waals surface area contributed by atoms with Crippen LogP contribution in [-0.2, 0) is 9.53 Å². The van der Waals surface area contributed by atoms with Crippen molar-refractivity contribution in [3.8, 4) is 0 Å². The molecule has 0 fully saturated rings. The summed E-state index contributed by atoms with van der Waals surface area (Å²) in [5.41, 5.74) is 0. The van der Waals surface area contributed by atoms with Crippen molar-refractivity contribution in [1.82, 2.24) is 5.32 Å². The quantitative estimate of drug-likeness (QED) is 0.482. The second-order valence-electron chi connectivity index (χ2n) is 3.70. The van der Waals surface area contributed by atoms with Crippen molar-refractivity contribution in [2.24, 2.45) is 5.92 Å². The van der Waals surface area contributed by atoms with Crippen LogP contribution in [-0.4, -0.2) is 48.6 Å². The number of ether oxygens (including phenoxy) is 1. The van der Waals surface area contributed by atoms with Crippen molar-refractivity contribution >= 4 is 5.91 Å². The van der Waals surface area contributed by atoms with Crippen LogP contribution in [0.15, 0.2) is 0 Å². The molecule has 0 aliphatic heterocycles. The van der Waals surface area contributed by atoms with Crippen molar-refractivity contribution in [2.75, 3.05) is 26.4 Å². The summed E-state index contributed by atoms with van der Waals surface area (Å²) in [6.07, 6.45) is 0.214. The maximum Gasteiger partial charge on any atom is 0.216 e. The van der Waals surface area contributed by atoms with E-state index in [0.29, 0.717) is 26.2 Å². The molecule has 90 valence electrons. The van der Waals surface area contributed by atoms with Gasteiger partial charge < -0.3 is 20.3 Å². The molecule has 5 heteroatoms. The molecule has 0 saturated heterocycles. The van der Waals surface area contributed by atoms with E-state index in [9.17, 15) is 4.79 Å². The monoisotopic (exact) mass is 219 g/mol. The summed E-state index contributed by atoms with van der Waals surface area (Å²) in [6, 6.07) is 0. The molecule has 0 aromatic rings. The van der Waals surface area contributed by atoms with Gasteiger partial charge in [0.25, 0.3) is 0 Å². The highest BCUT2D eigenvalue weighted by Crippen LogP contribution is 1.97. The minimum absolute atomic E-state index is 0.0189. The molecule has 0 bridgehead atoms. The highest BCUT2D eigenvalue weighted by atomic mass is 16.5. The first-order valence-corrected chi connectivity index (χ1v) is 5.17. The summed E-state index contributed by atoms with van der Waals surface area (Å²) >= 11 is 0. The van der Waals surface area contributed by atoms with E-state index < -0.39 is 0 Å². The van der Waals surface area contributed by atoms with Gasteiger partial charge in [0.1, 0.15) is 0 Å². The third kappa shape index (κ3) is 9.65. The number of rotatable bonds is 8. The van der Waals surface area contributed by atoms with Crippen LogP contribution in [0.5, 0.6) is 0 Å². The highest BCUT2D eigenvalue weighted by Gasteiger charge is 2.08. The lowest BCUT2D eigenvalue weighted by molar-refractivity contribution is -0.119. The Morgan fingerprint density at radius 1 is 1.53 bits per heavy atom. The minimum Gasteiger partial charge on any atom is -0.396 e. The van der Waals surface area contributed by atoms with Gasteiger partial charge in [0.05, 0.1) is 12.7 Å². The fourth-order valence-electron chi connectivity index (χ4n) is 0.968. The molecule has 0 unspecified atom stereocenters. The van der Waals surface area contributed by atoms with Crippen LogP contribution in [0.1, 0.15) is 20.3 Å². The average molecular weight is 219 g/mol. The second-order valence-corrected chi connectivity index (χ2v) is 3.70. The number of aliphatic hydroxyl groups excluding tert-OH is 2. The van der Waals surface area contributed by atoms with Crippen molar-refractivity contribution in [2.45, 2.75) is 26.4 Å². The number of nitrogens with one attached hydrogen (secondary N) is 1. The lowest BCUT2D eigenvalue weighted by Crippen LogP contribution is -2.31. The molecule has 0 spiro atoms. The van der Waals surface area contributed by atoms with Crippen LogP contribution in [0.4, 0.5) is 0 Å². The van der Waals surface area contributed by atoms with Gasteiger partial charge in [0.2, 0.25) is 5.91 Å². The molecule has 0 rings (SSSR count). The van der Waals surface area contributed by atoms with Crippen molar-refractivity contribution in [3.05, 3.63) is 0 Å². The van der Waals surface area contributed by atoms with Crippen LogP contribution in [0.2, 0.25) is 0 Å². The third-order valence-electron chi connectivity index (χ3n) is 1.93. The molecule has 1 amide bonds. The van der Waals surface area contributed by atoms with Gasteiger partial charge in [0.15, 0.2) is 0 Å². The van der Waals surface area contributed by atoms with Gasteiger partial charge in [-0.05, 0) is 13.3 Å². The van der Waals surface area contributed by atoms with Gasteiger partial charge in [-0.25, -0.2) is 0 Å². The summed E-state index contributed by atoms with van der Waals surface area (Å²) in [5, 5.41) is 20.5. The third-order valence-corrected chi connectivity index (χ3v) is 1.93. The Morgan fingerprint density at radius 3 is 2.67 bits per heavy atom. The van der Waals surface area contributed by atoms with Gasteiger partial charge in [-0.2, -0.15) is 0 Å². The minimum atomic E-state index is -0.368. The van der Waals surface area contributed by atoms with Gasteiger partial charge >= 0.3 is 0 Å². The lowest BCUT2D eigenvalue weighted by atomic mass is 10.2. The van der Waals surface area contributed by atoms with Crippen molar-refractivity contribution in [1.29, 1.82) is 0 Å². The molecule has 0 saturated carbocycles. The Hall–Kier alpha value is -0.650. The summed E-state index contributed by atoms with van der Waals surface area (Å²) in [6.45, 7) is 4.39. The van der Waals surface area contributed by atoms with E-state index >= 15 is 0 Å². The number of aliphatic hydroxyl groups is 2. The van der Waals surface area contributed by atoms with Crippen molar-refractivity contribution in [3.63, 3.8) is 0 Å². The fraction of sp³-hybridized carbons (Fsp3) is 0.900. The SMILES string of the molecule is CC(=O)NC[C@@H](CO)COCC[C@@H](C)O. The number of amides is 1. The topological polar surface area (TPSA) is 78.8 Å². The zero-order valence-corrected chi connectivity index (χ0v) is 9.40. The summed E-state index contributed by atoms with van der Waals surface area (Å²) < 4.78 is 5.26. The van der Waals surface area contributed by atoms with E-state index in [1.165, 1.54) is 6.92 Å². The van der Waals surface area contributed by atoms with E-state index in [4.69, 9.17) is 14.9 Å². The lowest BCUT2D eigenvalue weighted by Gasteiger charge is -2.15. The molecule has 0 aromatic carbocycles. The Morgan fingerprint density at radius 2 is 2.20 bits per heavy atom. The first kappa shape index (κ1) is 14.3. The molecule has 0 radical (unpaired) electrons. The maximum absolute atomic E-state index is 10.6. The summed E-state index contributed by atoms with van der Waals surface area (Å²) in [4.78, 5) is 10.6. The number of carbonyl (C=O) groups is 1. The summed E-state index contributed by atoms with van der Waals surface area (Å²) in [5.74, 6) is -0.194. The number of carbonyl (C=O) groups excluding carboxylic acids is 1. The molecule has 0 heterocycles. The van der Waals surface area contributed by atoms with E-state index in [0.717, 1.165) is 0 Å². The first-order valence-electron chi connectivity index (χ1n) is 5.17. The van der Waals surface area contributed by atoms with Gasteiger partial charge in [-0.1, -0.05) is 0 Å². The Balaban J connectivity index is 3.48. The van der Waals surface area contributed by atoms with Crippen LogP contribution in [0, 0.1) is 5.92 Å². The standard InChI is InChI=1S/C10H21NO4/c1-8(13)3-4-15-7-10(6-12)5-11-9(2)14/h8,10,12-13H,3-7H2,1-2H3,(H,11,14)/t8-,10+/m1/s1. The Bertz CT molecular complexity index is 173. The molecule has 5 nitrogen and oxygen atoms in total. The number of hydrogen-bond acceptors (Lipinski definition) is 4. The largest absolute Gasteiger partial charge is 0.396 e. The predicted octanol–water partition coefficient (Wildman–Crippen LogP) is -0.481. The molecular formula is C10H21NO4. The maximum atomic E-state index is 10.6. The normalized spacial score (nSPS) is 14.7. The number of hydrogen-bond donors (Lipinski definition) is 3. The van der Waals surface area contributed by atoms with Crippen LogP contribution >= 0.6 is 0 Å². The van der Waals surface area contributed by atoms with E-state index in [2.05, 4.69) is 5.32 Å². The molecule has 0 aliphatic rings.